The number of amides is 2. The monoisotopic (exact) mass is 724 g/mol. The van der Waals surface area contributed by atoms with Crippen LogP contribution in [0.4, 0.5) is 11.4 Å². The minimum absolute atomic E-state index is 0.0361. The number of aromatic hydroxyl groups is 1. The van der Waals surface area contributed by atoms with Crippen molar-refractivity contribution in [2.45, 2.75) is 32.5 Å². The van der Waals surface area contributed by atoms with Crippen LogP contribution in [-0.2, 0) is 31.3 Å². The van der Waals surface area contributed by atoms with Crippen molar-refractivity contribution in [1.29, 1.82) is 5.26 Å². The molecule has 0 unspecified atom stereocenters. The maximum Gasteiger partial charge on any atom is 0.270 e. The number of rotatable bonds is 9. The molecule has 5 aromatic rings. The van der Waals surface area contributed by atoms with Crippen LogP contribution < -0.4 is 4.90 Å². The maximum atomic E-state index is 14.8. The molecular weight excluding hydrogens is 684 g/mol. The Morgan fingerprint density at radius 1 is 0.963 bits per heavy atom. The molecule has 0 bridgehead atoms. The molecule has 1 atom stereocenters. The number of nitriles is 1. The third-order valence-corrected chi connectivity index (χ3v) is 10.5. The van der Waals surface area contributed by atoms with E-state index in [1.54, 1.807) is 61.0 Å². The first-order chi connectivity index (χ1) is 26.1. The molecule has 2 aliphatic heterocycles. The molecule has 0 spiro atoms. The van der Waals surface area contributed by atoms with Gasteiger partial charge >= 0.3 is 0 Å². The molecule has 12 heteroatoms. The van der Waals surface area contributed by atoms with Crippen molar-refractivity contribution < 1.29 is 24.4 Å². The van der Waals surface area contributed by atoms with Gasteiger partial charge in [0.05, 0.1) is 41.9 Å². The molecule has 54 heavy (non-hydrogen) atoms. The van der Waals surface area contributed by atoms with Crippen LogP contribution in [0.3, 0.4) is 0 Å². The maximum absolute atomic E-state index is 14.8. The van der Waals surface area contributed by atoms with E-state index in [0.29, 0.717) is 77.6 Å². The highest BCUT2D eigenvalue weighted by atomic mass is 16.6. The van der Waals surface area contributed by atoms with Crippen molar-refractivity contribution in [1.82, 2.24) is 14.4 Å². The number of aromatic nitrogens is 1. The van der Waals surface area contributed by atoms with Crippen molar-refractivity contribution in [3.05, 3.63) is 146 Å². The van der Waals surface area contributed by atoms with Crippen molar-refractivity contribution in [2.24, 2.45) is 7.05 Å². The first-order valence-corrected chi connectivity index (χ1v) is 17.8. The summed E-state index contributed by atoms with van der Waals surface area (Å²) >= 11 is 0. The zero-order valence-electron chi connectivity index (χ0n) is 30.1. The van der Waals surface area contributed by atoms with Gasteiger partial charge in [0.25, 0.3) is 17.5 Å². The van der Waals surface area contributed by atoms with Gasteiger partial charge in [-0.15, -0.1) is 0 Å². The molecular formula is C42H40N6O6. The second-order valence-corrected chi connectivity index (χ2v) is 13.7. The largest absolute Gasteiger partial charge is 0.508 e. The van der Waals surface area contributed by atoms with Crippen LogP contribution in [0.5, 0.6) is 5.75 Å². The van der Waals surface area contributed by atoms with Crippen molar-refractivity contribution in [2.75, 3.05) is 37.7 Å². The Hall–Kier alpha value is -6.29. The van der Waals surface area contributed by atoms with Gasteiger partial charge in [0.15, 0.2) is 0 Å². The molecule has 7 rings (SSSR count). The summed E-state index contributed by atoms with van der Waals surface area (Å²) in [6.07, 6.45) is 0.672. The van der Waals surface area contributed by atoms with E-state index >= 15 is 0 Å². The van der Waals surface area contributed by atoms with Gasteiger partial charge < -0.3 is 24.2 Å². The fraction of sp³-hybridized carbons (Fsp3) is 0.262. The van der Waals surface area contributed by atoms with Gasteiger partial charge in [-0.05, 0) is 72.5 Å². The van der Waals surface area contributed by atoms with Crippen LogP contribution in [-0.4, -0.2) is 75.1 Å². The Morgan fingerprint density at radius 2 is 1.67 bits per heavy atom. The zero-order chi connectivity index (χ0) is 37.9. The topological polar surface area (TPSA) is 145 Å². The molecule has 12 nitrogen and oxygen atoms in total. The van der Waals surface area contributed by atoms with Crippen LogP contribution in [0.2, 0.25) is 0 Å². The fourth-order valence-corrected chi connectivity index (χ4v) is 7.44. The number of carbonyl (C=O) groups is 2. The lowest BCUT2D eigenvalue weighted by atomic mass is 9.92. The lowest BCUT2D eigenvalue weighted by molar-refractivity contribution is -0.384. The van der Waals surface area contributed by atoms with Crippen molar-refractivity contribution in [3.63, 3.8) is 0 Å². The summed E-state index contributed by atoms with van der Waals surface area (Å²) in [5.74, 6) is -0.600. The predicted molar refractivity (Wildman–Crippen MR) is 203 cm³/mol. The Balaban J connectivity index is 1.30. The number of ether oxygens (including phenoxy) is 1. The van der Waals surface area contributed by atoms with Gasteiger partial charge in [-0.3, -0.25) is 24.6 Å². The summed E-state index contributed by atoms with van der Waals surface area (Å²) in [6, 6.07) is 29.4. The first-order valence-electron chi connectivity index (χ1n) is 17.8. The van der Waals surface area contributed by atoms with Crippen LogP contribution in [0.1, 0.15) is 48.7 Å². The Labute approximate surface area is 313 Å². The van der Waals surface area contributed by atoms with E-state index in [9.17, 15) is 30.1 Å². The molecule has 0 aliphatic carbocycles. The number of phenols is 1. The highest BCUT2D eigenvalue weighted by Crippen LogP contribution is 2.35. The molecule has 274 valence electrons. The standard InChI is InChI=1S/C42H40N6O6/c1-28-38(42(51)46(33-11-14-36(49)15-12-33)26-32-10-6-4-8-30(32)24-43)23-40(44(28)2)39-22-34(48(52)53)13-16-37(39)41(50)47-25-31-9-5-3-7-29(31)21-35(47)27-45-17-19-54-20-18-45/h3-16,22-23,35,49H,17-21,25-27H2,1-2H3/t35-/m0/s1. The number of non-ortho nitro benzene ring substituents is 1. The molecule has 0 saturated carbocycles. The van der Waals surface area contributed by atoms with E-state index in [1.165, 1.54) is 40.8 Å². The highest BCUT2D eigenvalue weighted by molar-refractivity contribution is 6.08. The molecule has 1 saturated heterocycles. The minimum Gasteiger partial charge on any atom is -0.508 e. The van der Waals surface area contributed by atoms with Gasteiger partial charge in [-0.1, -0.05) is 42.5 Å². The van der Waals surface area contributed by atoms with Gasteiger partial charge in [0.1, 0.15) is 5.75 Å². The van der Waals surface area contributed by atoms with Crippen LogP contribution in [0.25, 0.3) is 11.3 Å². The summed E-state index contributed by atoms with van der Waals surface area (Å²) < 4.78 is 7.35. The Morgan fingerprint density at radius 3 is 2.39 bits per heavy atom. The van der Waals surface area contributed by atoms with E-state index in [2.05, 4.69) is 17.0 Å². The molecule has 1 N–H and O–H groups in total. The average Bonchev–Trinajstić information content (AvgIpc) is 3.49. The number of anilines is 1. The van der Waals surface area contributed by atoms with Gasteiger partial charge in [-0.2, -0.15) is 5.26 Å². The number of carbonyl (C=O) groups excluding carboxylic acids is 2. The zero-order valence-corrected chi connectivity index (χ0v) is 30.1. The number of nitro benzene ring substituents is 1. The van der Waals surface area contributed by atoms with Gasteiger partial charge in [-0.25, -0.2) is 0 Å². The van der Waals surface area contributed by atoms with Gasteiger partial charge in [0, 0.05) is 79.6 Å². The quantitative estimate of drug-likeness (QED) is 0.139. The number of hydrogen-bond donors (Lipinski definition) is 1. The van der Waals surface area contributed by atoms with Crippen LogP contribution in [0, 0.1) is 28.4 Å². The third kappa shape index (κ3) is 7.19. The lowest BCUT2D eigenvalue weighted by Crippen LogP contribution is -2.52. The summed E-state index contributed by atoms with van der Waals surface area (Å²) in [7, 11) is 1.77. The van der Waals surface area contributed by atoms with Crippen LogP contribution in [0.15, 0.2) is 97.1 Å². The summed E-state index contributed by atoms with van der Waals surface area (Å²) in [5.41, 5.74) is 5.63. The minimum atomic E-state index is -0.489. The average molecular weight is 725 g/mol. The molecule has 1 fully saturated rings. The van der Waals surface area contributed by atoms with Crippen molar-refractivity contribution >= 4 is 23.2 Å². The van der Waals surface area contributed by atoms with E-state index in [0.717, 1.165) is 18.7 Å². The normalized spacial score (nSPS) is 15.6. The number of morpholine rings is 1. The molecule has 2 amide bonds. The number of nitrogens with zero attached hydrogens (tertiary/aromatic N) is 6. The van der Waals surface area contributed by atoms with E-state index < -0.39 is 4.92 Å². The Bertz CT molecular complexity index is 2270. The lowest BCUT2D eigenvalue weighted by Gasteiger charge is -2.40. The third-order valence-electron chi connectivity index (χ3n) is 10.5. The number of nitro groups is 1. The number of fused-ring (bicyclic) bond motifs is 1. The smallest absolute Gasteiger partial charge is 0.270 e. The predicted octanol–water partition coefficient (Wildman–Crippen LogP) is 6.23. The fourth-order valence-electron chi connectivity index (χ4n) is 7.44. The van der Waals surface area contributed by atoms with E-state index in [-0.39, 0.29) is 35.8 Å². The first kappa shape index (κ1) is 36.1. The van der Waals surface area contributed by atoms with Crippen LogP contribution >= 0.6 is 0 Å². The summed E-state index contributed by atoms with van der Waals surface area (Å²) in [5, 5.41) is 31.9. The number of phenolic OH excluding ortho intramolecular Hbond substituents is 1. The molecule has 0 radical (unpaired) electrons. The second kappa shape index (κ2) is 15.4. The highest BCUT2D eigenvalue weighted by Gasteiger charge is 2.34. The number of hydrogen-bond acceptors (Lipinski definition) is 8. The molecule has 4 aromatic carbocycles. The molecule has 2 aliphatic rings. The summed E-state index contributed by atoms with van der Waals surface area (Å²) in [6.45, 7) is 5.71. The SMILES string of the molecule is Cc1c(C(=O)N(Cc2ccccc2C#N)c2ccc(O)cc2)cc(-c2cc([N+](=O)[O-])ccc2C(=O)N2Cc3ccccc3C[C@H]2CN2CCOCC2)n1C. The van der Waals surface area contributed by atoms with Crippen molar-refractivity contribution in [3.8, 4) is 23.1 Å². The Kier molecular flexibility index (Phi) is 10.3. The summed E-state index contributed by atoms with van der Waals surface area (Å²) in [4.78, 5) is 46.8. The van der Waals surface area contributed by atoms with Gasteiger partial charge in [0.2, 0.25) is 0 Å². The van der Waals surface area contributed by atoms with E-state index in [1.807, 2.05) is 23.1 Å². The number of benzene rings is 4. The molecule has 1 aromatic heterocycles. The second-order valence-electron chi connectivity index (χ2n) is 13.7. The molecule has 3 heterocycles. The van der Waals surface area contributed by atoms with E-state index in [4.69, 9.17) is 4.74 Å².